The second-order valence-corrected chi connectivity index (χ2v) is 10.0. The summed E-state index contributed by atoms with van der Waals surface area (Å²) in [6.07, 6.45) is 2.44. The third-order valence-electron chi connectivity index (χ3n) is 4.09. The highest BCUT2D eigenvalue weighted by Gasteiger charge is 2.24. The largest absolute Gasteiger partial charge is 0.438 e. The van der Waals surface area contributed by atoms with E-state index >= 15 is 0 Å². The number of nitrogens with zero attached hydrogens (tertiary/aromatic N) is 2. The number of nitriles is 1. The van der Waals surface area contributed by atoms with Crippen molar-refractivity contribution < 1.29 is 21.6 Å². The van der Waals surface area contributed by atoms with E-state index in [4.69, 9.17) is 10.00 Å². The third-order valence-corrected chi connectivity index (χ3v) is 6.79. The molecule has 1 aromatic heterocycles. The maximum Gasteiger partial charge on any atom is 0.263 e. The average molecular weight is 444 g/mol. The maximum atomic E-state index is 12.8. The molecule has 0 aliphatic heterocycles. The average Bonchev–Trinajstić information content (AvgIpc) is 2.70. The van der Waals surface area contributed by atoms with Crippen molar-refractivity contribution in [3.63, 3.8) is 0 Å². The minimum atomic E-state index is -4.16. The lowest BCUT2D eigenvalue weighted by Crippen LogP contribution is -2.17. The van der Waals surface area contributed by atoms with Crippen LogP contribution in [0.3, 0.4) is 0 Å². The predicted octanol–water partition coefficient (Wildman–Crippen LogP) is 3.26. The molecule has 3 rings (SSSR count). The smallest absolute Gasteiger partial charge is 0.263 e. The summed E-state index contributed by atoms with van der Waals surface area (Å²) in [4.78, 5) is 3.40. The Morgan fingerprint density at radius 1 is 1.00 bits per heavy atom. The zero-order chi connectivity index (χ0) is 21.9. The van der Waals surface area contributed by atoms with E-state index in [9.17, 15) is 16.8 Å². The molecule has 0 atom stereocenters. The van der Waals surface area contributed by atoms with Gasteiger partial charge in [-0.1, -0.05) is 12.1 Å². The van der Waals surface area contributed by atoms with Crippen molar-refractivity contribution >= 4 is 25.5 Å². The molecule has 0 unspecified atom stereocenters. The van der Waals surface area contributed by atoms with Gasteiger partial charge in [-0.05, 0) is 55.0 Å². The van der Waals surface area contributed by atoms with Crippen molar-refractivity contribution in [2.75, 3.05) is 11.0 Å². The van der Waals surface area contributed by atoms with Crippen LogP contribution in [0.1, 0.15) is 11.1 Å². The SMILES string of the molecule is Cc1cc(Oc2ncccc2C#N)ccc1NS(=O)(=O)c1ccccc1S(C)(=O)=O. The number of aromatic nitrogens is 1. The van der Waals surface area contributed by atoms with Crippen molar-refractivity contribution in [3.05, 3.63) is 71.9 Å². The number of anilines is 1. The number of benzene rings is 2. The number of nitrogens with one attached hydrogen (secondary N) is 1. The molecule has 0 saturated heterocycles. The van der Waals surface area contributed by atoms with Crippen LogP contribution in [0.2, 0.25) is 0 Å². The third kappa shape index (κ3) is 4.59. The summed E-state index contributed by atoms with van der Waals surface area (Å²) in [5.41, 5.74) is 1.05. The number of pyridine rings is 1. The van der Waals surface area contributed by atoms with Gasteiger partial charge < -0.3 is 4.74 Å². The summed E-state index contributed by atoms with van der Waals surface area (Å²) >= 11 is 0. The zero-order valence-electron chi connectivity index (χ0n) is 16.0. The predicted molar refractivity (Wildman–Crippen MR) is 111 cm³/mol. The van der Waals surface area contributed by atoms with Crippen molar-refractivity contribution in [2.24, 2.45) is 0 Å². The van der Waals surface area contributed by atoms with Crippen LogP contribution in [0.25, 0.3) is 0 Å². The van der Waals surface area contributed by atoms with Crippen LogP contribution in [-0.4, -0.2) is 28.1 Å². The number of sulfonamides is 1. The van der Waals surface area contributed by atoms with Crippen LogP contribution in [0, 0.1) is 18.3 Å². The number of rotatable bonds is 6. The van der Waals surface area contributed by atoms with Crippen molar-refractivity contribution in [1.29, 1.82) is 5.26 Å². The lowest BCUT2D eigenvalue weighted by atomic mass is 10.2. The lowest BCUT2D eigenvalue weighted by Gasteiger charge is -2.14. The van der Waals surface area contributed by atoms with E-state index in [1.165, 1.54) is 42.6 Å². The summed E-state index contributed by atoms with van der Waals surface area (Å²) in [6, 6.07) is 15.1. The van der Waals surface area contributed by atoms with E-state index < -0.39 is 19.9 Å². The molecular formula is C20H17N3O5S2. The van der Waals surface area contributed by atoms with Gasteiger partial charge in [0.1, 0.15) is 22.3 Å². The van der Waals surface area contributed by atoms with Gasteiger partial charge >= 0.3 is 0 Å². The van der Waals surface area contributed by atoms with E-state index in [0.29, 0.717) is 11.3 Å². The molecule has 0 aliphatic rings. The lowest BCUT2D eigenvalue weighted by molar-refractivity contribution is 0.461. The first-order valence-corrected chi connectivity index (χ1v) is 11.9. The number of aryl methyl sites for hydroxylation is 1. The second kappa shape index (κ2) is 8.14. The molecule has 1 heterocycles. The van der Waals surface area contributed by atoms with E-state index in [0.717, 1.165) is 6.26 Å². The Bertz CT molecular complexity index is 1360. The molecule has 0 amide bonds. The molecule has 0 aliphatic carbocycles. The summed E-state index contributed by atoms with van der Waals surface area (Å²) in [7, 11) is -7.90. The Labute approximate surface area is 174 Å². The molecular weight excluding hydrogens is 426 g/mol. The van der Waals surface area contributed by atoms with Crippen LogP contribution in [0.4, 0.5) is 5.69 Å². The topological polar surface area (TPSA) is 126 Å². The number of hydrogen-bond donors (Lipinski definition) is 1. The fraction of sp³-hybridized carbons (Fsp3) is 0.100. The van der Waals surface area contributed by atoms with Gasteiger partial charge in [-0.2, -0.15) is 5.26 Å². The minimum Gasteiger partial charge on any atom is -0.438 e. The maximum absolute atomic E-state index is 12.8. The van der Waals surface area contributed by atoms with Gasteiger partial charge in [0, 0.05) is 12.5 Å². The molecule has 0 spiro atoms. The van der Waals surface area contributed by atoms with Crippen LogP contribution < -0.4 is 9.46 Å². The fourth-order valence-electron chi connectivity index (χ4n) is 2.66. The Hall–Kier alpha value is -3.42. The number of hydrogen-bond acceptors (Lipinski definition) is 7. The van der Waals surface area contributed by atoms with Crippen LogP contribution in [-0.2, 0) is 19.9 Å². The molecule has 8 nitrogen and oxygen atoms in total. The Balaban J connectivity index is 1.91. The van der Waals surface area contributed by atoms with Gasteiger partial charge in [0.2, 0.25) is 5.88 Å². The van der Waals surface area contributed by atoms with Crippen LogP contribution in [0.5, 0.6) is 11.6 Å². The molecule has 3 aromatic rings. The van der Waals surface area contributed by atoms with Crippen molar-refractivity contribution in [2.45, 2.75) is 16.7 Å². The van der Waals surface area contributed by atoms with Crippen molar-refractivity contribution in [1.82, 2.24) is 4.98 Å². The Morgan fingerprint density at radius 3 is 2.33 bits per heavy atom. The van der Waals surface area contributed by atoms with Crippen LogP contribution >= 0.6 is 0 Å². The summed E-state index contributed by atoms with van der Waals surface area (Å²) < 4.78 is 57.6. The van der Waals surface area contributed by atoms with Gasteiger partial charge in [-0.25, -0.2) is 21.8 Å². The molecule has 2 aromatic carbocycles. The zero-order valence-corrected chi connectivity index (χ0v) is 17.7. The number of ether oxygens (including phenoxy) is 1. The molecule has 0 saturated carbocycles. The summed E-state index contributed by atoms with van der Waals surface area (Å²) in [5, 5.41) is 9.12. The Morgan fingerprint density at radius 2 is 1.70 bits per heavy atom. The molecule has 10 heteroatoms. The van der Waals surface area contributed by atoms with E-state index in [-0.39, 0.29) is 26.9 Å². The fourth-order valence-corrected chi connectivity index (χ4v) is 5.42. The van der Waals surface area contributed by atoms with E-state index in [2.05, 4.69) is 9.71 Å². The normalized spacial score (nSPS) is 11.5. The highest BCUT2D eigenvalue weighted by Crippen LogP contribution is 2.29. The molecule has 30 heavy (non-hydrogen) atoms. The molecule has 0 fully saturated rings. The Kier molecular flexibility index (Phi) is 5.78. The summed E-state index contributed by atoms with van der Waals surface area (Å²) in [6.45, 7) is 1.66. The molecule has 1 N–H and O–H groups in total. The molecule has 154 valence electrons. The van der Waals surface area contributed by atoms with Gasteiger partial charge in [0.15, 0.2) is 9.84 Å². The van der Waals surface area contributed by atoms with Gasteiger partial charge in [0.25, 0.3) is 10.0 Å². The molecule has 0 radical (unpaired) electrons. The van der Waals surface area contributed by atoms with E-state index in [1.807, 2.05) is 6.07 Å². The summed E-state index contributed by atoms with van der Waals surface area (Å²) in [5.74, 6) is 0.497. The van der Waals surface area contributed by atoms with Gasteiger partial charge in [0.05, 0.1) is 10.6 Å². The molecule has 0 bridgehead atoms. The van der Waals surface area contributed by atoms with Gasteiger partial charge in [-0.15, -0.1) is 0 Å². The first-order valence-electron chi connectivity index (χ1n) is 8.57. The second-order valence-electron chi connectivity index (χ2n) is 6.37. The quantitative estimate of drug-likeness (QED) is 0.619. The minimum absolute atomic E-state index is 0.134. The first-order chi connectivity index (χ1) is 14.1. The standard InChI is InChI=1S/C20H17N3O5S2/c1-14-12-16(28-20-15(13-21)6-5-11-22-20)9-10-17(14)23-30(26,27)19-8-4-3-7-18(19)29(2,24)25/h3-12,23H,1-2H3. The van der Waals surface area contributed by atoms with Crippen molar-refractivity contribution in [3.8, 4) is 17.7 Å². The number of sulfone groups is 1. The van der Waals surface area contributed by atoms with Gasteiger partial charge in [-0.3, -0.25) is 4.72 Å². The van der Waals surface area contributed by atoms with Crippen LogP contribution in [0.15, 0.2) is 70.6 Å². The highest BCUT2D eigenvalue weighted by molar-refractivity contribution is 7.95. The monoisotopic (exact) mass is 443 g/mol. The van der Waals surface area contributed by atoms with E-state index in [1.54, 1.807) is 25.1 Å². The highest BCUT2D eigenvalue weighted by atomic mass is 32.2. The first kappa shape index (κ1) is 21.3.